The third-order valence-corrected chi connectivity index (χ3v) is 5.72. The molecule has 0 radical (unpaired) electrons. The number of nitrogens with one attached hydrogen (secondary N) is 1. The molecular formula is C20H19ClN2O4S. The smallest absolute Gasteiger partial charge is 0.234 e. The number of anilines is 1. The molecule has 0 fully saturated rings. The van der Waals surface area contributed by atoms with Crippen molar-refractivity contribution in [2.24, 2.45) is 0 Å². The molecule has 0 unspecified atom stereocenters. The van der Waals surface area contributed by atoms with Gasteiger partial charge in [-0.25, -0.2) is 8.42 Å². The molecule has 0 bridgehead atoms. The molecule has 0 atom stereocenters. The average Bonchev–Trinajstić information content (AvgIpc) is 3.12. The lowest BCUT2D eigenvalue weighted by Crippen LogP contribution is -2.07. The fourth-order valence-corrected chi connectivity index (χ4v) is 3.88. The second-order valence-corrected chi connectivity index (χ2v) is 8.04. The van der Waals surface area contributed by atoms with Crippen LogP contribution in [0.2, 0.25) is 5.02 Å². The van der Waals surface area contributed by atoms with Crippen LogP contribution in [0.15, 0.2) is 75.5 Å². The summed E-state index contributed by atoms with van der Waals surface area (Å²) in [6.45, 7) is 6.39. The molecule has 0 saturated carbocycles. The zero-order valence-corrected chi connectivity index (χ0v) is 16.8. The van der Waals surface area contributed by atoms with Gasteiger partial charge in [0.1, 0.15) is 5.75 Å². The Hall–Kier alpha value is -2.77. The summed E-state index contributed by atoms with van der Waals surface area (Å²) in [4.78, 5) is 4.33. The van der Waals surface area contributed by atoms with E-state index in [0.29, 0.717) is 29.5 Å². The topological polar surface area (TPSA) is 81.4 Å². The largest absolute Gasteiger partial charge is 0.494 e. The molecule has 3 rings (SSSR count). The van der Waals surface area contributed by atoms with Gasteiger partial charge in [0.25, 0.3) is 0 Å². The van der Waals surface area contributed by atoms with Crippen molar-refractivity contribution >= 4 is 27.3 Å². The zero-order valence-electron chi connectivity index (χ0n) is 15.2. The van der Waals surface area contributed by atoms with Crippen molar-refractivity contribution < 1.29 is 17.6 Å². The van der Waals surface area contributed by atoms with E-state index in [1.165, 1.54) is 24.3 Å². The zero-order chi connectivity index (χ0) is 20.1. The average molecular weight is 419 g/mol. The van der Waals surface area contributed by atoms with E-state index in [4.69, 9.17) is 20.8 Å². The molecule has 0 saturated heterocycles. The van der Waals surface area contributed by atoms with Crippen molar-refractivity contribution in [2.75, 3.05) is 18.5 Å². The monoisotopic (exact) mass is 418 g/mol. The predicted molar refractivity (Wildman–Crippen MR) is 109 cm³/mol. The van der Waals surface area contributed by atoms with Crippen LogP contribution in [0.5, 0.6) is 5.75 Å². The van der Waals surface area contributed by atoms with E-state index in [9.17, 15) is 8.42 Å². The van der Waals surface area contributed by atoms with E-state index < -0.39 is 9.84 Å². The number of rotatable bonds is 8. The van der Waals surface area contributed by atoms with Crippen molar-refractivity contribution in [3.05, 3.63) is 66.2 Å². The number of oxazole rings is 1. The van der Waals surface area contributed by atoms with E-state index in [0.717, 1.165) is 0 Å². The molecule has 1 aromatic heterocycles. The van der Waals surface area contributed by atoms with Crippen LogP contribution in [0.25, 0.3) is 11.5 Å². The van der Waals surface area contributed by atoms with Gasteiger partial charge in [-0.3, -0.25) is 0 Å². The van der Waals surface area contributed by atoms with Gasteiger partial charge in [-0.1, -0.05) is 17.7 Å². The van der Waals surface area contributed by atoms with Crippen LogP contribution >= 0.6 is 11.6 Å². The van der Waals surface area contributed by atoms with Crippen LogP contribution < -0.4 is 10.1 Å². The Labute approximate surface area is 168 Å². The highest BCUT2D eigenvalue weighted by Crippen LogP contribution is 2.33. The molecule has 2 aromatic carbocycles. The second-order valence-electron chi connectivity index (χ2n) is 5.74. The van der Waals surface area contributed by atoms with Gasteiger partial charge in [-0.2, -0.15) is 4.98 Å². The minimum absolute atomic E-state index is 0.0544. The fraction of sp³-hybridized carbons (Fsp3) is 0.150. The van der Waals surface area contributed by atoms with Crippen LogP contribution in [0.1, 0.15) is 6.92 Å². The van der Waals surface area contributed by atoms with E-state index >= 15 is 0 Å². The first kappa shape index (κ1) is 20.0. The molecule has 0 aliphatic rings. The van der Waals surface area contributed by atoms with Crippen molar-refractivity contribution in [3.63, 3.8) is 0 Å². The Morgan fingerprint density at radius 1 is 1.18 bits per heavy atom. The highest BCUT2D eigenvalue weighted by Gasteiger charge is 2.28. The van der Waals surface area contributed by atoms with Gasteiger partial charge in [-0.15, -0.1) is 6.58 Å². The third kappa shape index (κ3) is 4.21. The van der Waals surface area contributed by atoms with E-state index in [1.54, 1.807) is 30.3 Å². The molecule has 0 amide bonds. The number of ether oxygens (including phenoxy) is 1. The summed E-state index contributed by atoms with van der Waals surface area (Å²) < 4.78 is 37.3. The highest BCUT2D eigenvalue weighted by atomic mass is 35.5. The van der Waals surface area contributed by atoms with Crippen molar-refractivity contribution in [2.45, 2.75) is 16.8 Å². The highest BCUT2D eigenvalue weighted by molar-refractivity contribution is 7.91. The number of nitrogens with zero attached hydrogens (tertiary/aromatic N) is 1. The minimum atomic E-state index is -3.91. The summed E-state index contributed by atoms with van der Waals surface area (Å²) in [7, 11) is -3.91. The second kappa shape index (κ2) is 8.50. The Morgan fingerprint density at radius 2 is 1.86 bits per heavy atom. The number of hydrogen-bond acceptors (Lipinski definition) is 6. The molecule has 0 spiro atoms. The molecule has 1 N–H and O–H groups in total. The maximum Gasteiger partial charge on any atom is 0.234 e. The number of aromatic nitrogens is 1. The van der Waals surface area contributed by atoms with Gasteiger partial charge in [0.15, 0.2) is 0 Å². The summed E-state index contributed by atoms with van der Waals surface area (Å²) in [5.74, 6) is 0.942. The Bertz CT molecular complexity index is 1060. The molecule has 0 aliphatic carbocycles. The summed E-state index contributed by atoms with van der Waals surface area (Å²) in [5.41, 5.74) is 0.627. The predicted octanol–water partition coefficient (Wildman–Crippen LogP) is 4.82. The first-order valence-electron chi connectivity index (χ1n) is 8.55. The van der Waals surface area contributed by atoms with E-state index in [-0.39, 0.29) is 21.7 Å². The summed E-state index contributed by atoms with van der Waals surface area (Å²) >= 11 is 5.86. The lowest BCUT2D eigenvalue weighted by molar-refractivity contribution is 0.340. The van der Waals surface area contributed by atoms with Gasteiger partial charge in [0, 0.05) is 17.1 Å². The summed E-state index contributed by atoms with van der Waals surface area (Å²) in [5, 5.41) is 3.14. The number of halogens is 1. The first-order chi connectivity index (χ1) is 13.5. The Kier molecular flexibility index (Phi) is 6.06. The standard InChI is InChI=1S/C20H19ClN2O4S/c1-3-13-22-19-20(28(24,25)17-11-7-15(21)8-12-17)23-18(27-19)14-5-9-16(10-6-14)26-4-2/h3,5-12,22H,1,4,13H2,2H3. The van der Waals surface area contributed by atoms with Crippen LogP contribution in [0.4, 0.5) is 5.88 Å². The van der Waals surface area contributed by atoms with Gasteiger partial charge in [0.2, 0.25) is 26.6 Å². The maximum absolute atomic E-state index is 13.1. The van der Waals surface area contributed by atoms with Crippen LogP contribution in [0, 0.1) is 0 Å². The van der Waals surface area contributed by atoms with Gasteiger partial charge in [0.05, 0.1) is 11.5 Å². The molecule has 8 heteroatoms. The molecule has 6 nitrogen and oxygen atoms in total. The van der Waals surface area contributed by atoms with Gasteiger partial charge >= 0.3 is 0 Å². The molecule has 28 heavy (non-hydrogen) atoms. The molecule has 146 valence electrons. The van der Waals surface area contributed by atoms with Crippen LogP contribution in [-0.4, -0.2) is 26.6 Å². The number of benzene rings is 2. The van der Waals surface area contributed by atoms with E-state index in [2.05, 4.69) is 16.9 Å². The van der Waals surface area contributed by atoms with Crippen LogP contribution in [-0.2, 0) is 9.84 Å². The Morgan fingerprint density at radius 3 is 2.46 bits per heavy atom. The van der Waals surface area contributed by atoms with Gasteiger partial charge in [-0.05, 0) is 55.5 Å². The summed E-state index contributed by atoms with van der Waals surface area (Å²) in [6.07, 6.45) is 1.60. The number of sulfone groups is 1. The van der Waals surface area contributed by atoms with E-state index in [1.807, 2.05) is 6.92 Å². The fourth-order valence-electron chi connectivity index (χ4n) is 2.47. The normalized spacial score (nSPS) is 11.2. The summed E-state index contributed by atoms with van der Waals surface area (Å²) in [6, 6.07) is 12.9. The van der Waals surface area contributed by atoms with Crippen molar-refractivity contribution in [1.82, 2.24) is 4.98 Å². The lowest BCUT2D eigenvalue weighted by Gasteiger charge is -2.04. The van der Waals surface area contributed by atoms with Crippen molar-refractivity contribution in [3.8, 4) is 17.2 Å². The maximum atomic E-state index is 13.1. The molecular weight excluding hydrogens is 400 g/mol. The lowest BCUT2D eigenvalue weighted by atomic mass is 10.2. The minimum Gasteiger partial charge on any atom is -0.494 e. The van der Waals surface area contributed by atoms with Crippen molar-refractivity contribution in [1.29, 1.82) is 0 Å². The third-order valence-electron chi connectivity index (χ3n) is 3.79. The quantitative estimate of drug-likeness (QED) is 0.528. The Balaban J connectivity index is 2.04. The molecule has 1 heterocycles. The number of hydrogen-bond donors (Lipinski definition) is 1. The SMILES string of the molecule is C=CCNc1oc(-c2ccc(OCC)cc2)nc1S(=O)(=O)c1ccc(Cl)cc1. The first-order valence-corrected chi connectivity index (χ1v) is 10.4. The molecule has 3 aromatic rings. The van der Waals surface area contributed by atoms with Crippen LogP contribution in [0.3, 0.4) is 0 Å². The molecule has 0 aliphatic heterocycles. The van der Waals surface area contributed by atoms with Gasteiger partial charge < -0.3 is 14.5 Å².